The van der Waals surface area contributed by atoms with Crippen LogP contribution in [0.1, 0.15) is 19.1 Å². The zero-order valence-corrected chi connectivity index (χ0v) is 12.4. The number of halogens is 1. The number of carbonyl (C=O) groups is 1. The highest BCUT2D eigenvalue weighted by molar-refractivity contribution is 5.74. The fourth-order valence-electron chi connectivity index (χ4n) is 2.86. The van der Waals surface area contributed by atoms with Crippen LogP contribution in [-0.4, -0.2) is 29.1 Å². The Morgan fingerprint density at radius 1 is 1.36 bits per heavy atom. The van der Waals surface area contributed by atoms with Gasteiger partial charge in [0.2, 0.25) is 0 Å². The average Bonchev–Trinajstić information content (AvgIpc) is 3.08. The van der Waals surface area contributed by atoms with Crippen LogP contribution in [0.5, 0.6) is 0 Å². The second-order valence-corrected chi connectivity index (χ2v) is 6.07. The monoisotopic (exact) mass is 303 g/mol. The van der Waals surface area contributed by atoms with E-state index in [1.165, 1.54) is 6.07 Å². The van der Waals surface area contributed by atoms with Crippen molar-refractivity contribution in [3.05, 3.63) is 48.0 Å². The van der Waals surface area contributed by atoms with E-state index in [9.17, 15) is 14.3 Å². The third-order valence-electron chi connectivity index (χ3n) is 4.25. The van der Waals surface area contributed by atoms with Crippen molar-refractivity contribution >= 4 is 5.97 Å². The molecule has 22 heavy (non-hydrogen) atoms. The maximum absolute atomic E-state index is 13.7. The molecule has 0 radical (unpaired) electrons. The number of hydrogen-bond acceptors (Lipinski definition) is 3. The topological polar surface area (TPSA) is 53.7 Å². The van der Waals surface area contributed by atoms with Crippen LogP contribution in [0.15, 0.2) is 40.8 Å². The zero-order chi connectivity index (χ0) is 15.7. The smallest absolute Gasteiger partial charge is 0.310 e. The highest BCUT2D eigenvalue weighted by atomic mass is 19.1. The SMILES string of the molecule is CC1(C(=O)O)CCN(Cc2ccc(-c3ccccc3F)o2)C1. The van der Waals surface area contributed by atoms with Gasteiger partial charge in [-0.2, -0.15) is 0 Å². The molecule has 1 atom stereocenters. The van der Waals surface area contributed by atoms with E-state index >= 15 is 0 Å². The normalized spacial score (nSPS) is 22.1. The van der Waals surface area contributed by atoms with Crippen LogP contribution < -0.4 is 0 Å². The number of carboxylic acids is 1. The van der Waals surface area contributed by atoms with Crippen molar-refractivity contribution in [1.82, 2.24) is 4.90 Å². The minimum absolute atomic E-state index is 0.317. The first-order valence-electron chi connectivity index (χ1n) is 7.27. The van der Waals surface area contributed by atoms with Crippen molar-refractivity contribution in [3.63, 3.8) is 0 Å². The Morgan fingerprint density at radius 3 is 2.82 bits per heavy atom. The van der Waals surface area contributed by atoms with Gasteiger partial charge in [0.05, 0.1) is 17.5 Å². The van der Waals surface area contributed by atoms with Gasteiger partial charge in [-0.15, -0.1) is 0 Å². The molecule has 3 rings (SSSR count). The summed E-state index contributed by atoms with van der Waals surface area (Å²) in [6.07, 6.45) is 0.628. The van der Waals surface area contributed by atoms with Crippen molar-refractivity contribution < 1.29 is 18.7 Å². The van der Waals surface area contributed by atoms with Gasteiger partial charge in [-0.25, -0.2) is 4.39 Å². The summed E-state index contributed by atoms with van der Waals surface area (Å²) in [5.41, 5.74) is -0.258. The molecule has 1 aromatic heterocycles. The lowest BCUT2D eigenvalue weighted by Crippen LogP contribution is -2.31. The summed E-state index contributed by atoms with van der Waals surface area (Å²) >= 11 is 0. The van der Waals surface area contributed by atoms with Crippen LogP contribution in [0.3, 0.4) is 0 Å². The molecule has 1 aliphatic heterocycles. The number of aliphatic carboxylic acids is 1. The third-order valence-corrected chi connectivity index (χ3v) is 4.25. The van der Waals surface area contributed by atoms with Gasteiger partial charge in [0.15, 0.2) is 0 Å². The van der Waals surface area contributed by atoms with Crippen LogP contribution in [0.4, 0.5) is 4.39 Å². The lowest BCUT2D eigenvalue weighted by atomic mass is 9.90. The van der Waals surface area contributed by atoms with Crippen molar-refractivity contribution in [2.75, 3.05) is 13.1 Å². The predicted octanol–water partition coefficient (Wildman–Crippen LogP) is 3.38. The number of likely N-dealkylation sites (tertiary alicyclic amines) is 1. The van der Waals surface area contributed by atoms with Crippen molar-refractivity contribution in [3.8, 4) is 11.3 Å². The molecule has 1 aliphatic rings. The molecule has 0 amide bonds. The lowest BCUT2D eigenvalue weighted by molar-refractivity contribution is -0.147. The number of hydrogen-bond donors (Lipinski definition) is 1. The van der Waals surface area contributed by atoms with E-state index in [4.69, 9.17) is 4.42 Å². The molecule has 5 heteroatoms. The standard InChI is InChI=1S/C17H18FNO3/c1-17(16(20)21)8-9-19(11-17)10-12-6-7-15(22-12)13-4-2-3-5-14(13)18/h2-7H,8-11H2,1H3,(H,20,21). The van der Waals surface area contributed by atoms with Gasteiger partial charge in [0, 0.05) is 6.54 Å². The number of benzene rings is 1. The minimum atomic E-state index is -0.763. The molecule has 1 unspecified atom stereocenters. The first kappa shape index (κ1) is 14.8. The minimum Gasteiger partial charge on any atom is -0.481 e. The molecular weight excluding hydrogens is 285 g/mol. The summed E-state index contributed by atoms with van der Waals surface area (Å²) in [7, 11) is 0. The number of furan rings is 1. The Morgan fingerprint density at radius 2 is 2.14 bits per heavy atom. The maximum Gasteiger partial charge on any atom is 0.310 e. The van der Waals surface area contributed by atoms with Gasteiger partial charge >= 0.3 is 5.97 Å². The van der Waals surface area contributed by atoms with E-state index in [-0.39, 0.29) is 5.82 Å². The summed E-state index contributed by atoms with van der Waals surface area (Å²) in [5.74, 6) is 0.130. The quantitative estimate of drug-likeness (QED) is 0.940. The van der Waals surface area contributed by atoms with E-state index < -0.39 is 11.4 Å². The summed E-state index contributed by atoms with van der Waals surface area (Å²) in [5, 5.41) is 9.25. The Balaban J connectivity index is 1.71. The third kappa shape index (κ3) is 2.76. The van der Waals surface area contributed by atoms with Gasteiger partial charge in [-0.05, 0) is 44.2 Å². The average molecular weight is 303 g/mol. The largest absolute Gasteiger partial charge is 0.481 e. The van der Waals surface area contributed by atoms with E-state index in [2.05, 4.69) is 4.90 Å². The molecule has 1 N–H and O–H groups in total. The van der Waals surface area contributed by atoms with E-state index in [0.29, 0.717) is 36.6 Å². The fraction of sp³-hybridized carbons (Fsp3) is 0.353. The second-order valence-electron chi connectivity index (χ2n) is 6.07. The molecule has 1 fully saturated rings. The van der Waals surface area contributed by atoms with Crippen LogP contribution >= 0.6 is 0 Å². The van der Waals surface area contributed by atoms with E-state index in [0.717, 1.165) is 6.54 Å². The van der Waals surface area contributed by atoms with Crippen molar-refractivity contribution in [1.29, 1.82) is 0 Å². The van der Waals surface area contributed by atoms with Gasteiger partial charge in [0.1, 0.15) is 17.3 Å². The molecule has 0 bridgehead atoms. The van der Waals surface area contributed by atoms with Gasteiger partial charge in [-0.1, -0.05) is 12.1 Å². The highest BCUT2D eigenvalue weighted by Crippen LogP contribution is 2.32. The number of carboxylic acid groups (broad SMARTS) is 1. The predicted molar refractivity (Wildman–Crippen MR) is 79.7 cm³/mol. The Bertz CT molecular complexity index is 697. The van der Waals surface area contributed by atoms with E-state index in [1.54, 1.807) is 31.2 Å². The molecular formula is C17H18FNO3. The lowest BCUT2D eigenvalue weighted by Gasteiger charge is -2.19. The first-order chi connectivity index (χ1) is 10.5. The Kier molecular flexibility index (Phi) is 3.74. The molecule has 116 valence electrons. The molecule has 1 saturated heterocycles. The van der Waals surface area contributed by atoms with Crippen LogP contribution in [0, 0.1) is 11.2 Å². The molecule has 0 spiro atoms. The molecule has 2 aromatic rings. The number of rotatable bonds is 4. The van der Waals surface area contributed by atoms with E-state index in [1.807, 2.05) is 6.07 Å². The Hall–Kier alpha value is -2.14. The zero-order valence-electron chi connectivity index (χ0n) is 12.4. The number of nitrogens with zero attached hydrogens (tertiary/aromatic N) is 1. The first-order valence-corrected chi connectivity index (χ1v) is 7.27. The summed E-state index contributed by atoms with van der Waals surface area (Å²) < 4.78 is 19.5. The van der Waals surface area contributed by atoms with Gasteiger partial charge in [-0.3, -0.25) is 9.69 Å². The summed E-state index contributed by atoms with van der Waals surface area (Å²) in [6.45, 7) is 3.52. The molecule has 2 heterocycles. The van der Waals surface area contributed by atoms with Crippen LogP contribution in [0.2, 0.25) is 0 Å². The summed E-state index contributed by atoms with van der Waals surface area (Å²) in [6, 6.07) is 10.0. The molecule has 0 saturated carbocycles. The fourth-order valence-corrected chi connectivity index (χ4v) is 2.86. The molecule has 4 nitrogen and oxygen atoms in total. The van der Waals surface area contributed by atoms with Crippen LogP contribution in [-0.2, 0) is 11.3 Å². The van der Waals surface area contributed by atoms with Crippen molar-refractivity contribution in [2.45, 2.75) is 19.9 Å². The second kappa shape index (κ2) is 5.57. The molecule has 1 aromatic carbocycles. The molecule has 0 aliphatic carbocycles. The highest BCUT2D eigenvalue weighted by Gasteiger charge is 2.40. The maximum atomic E-state index is 13.7. The van der Waals surface area contributed by atoms with Gasteiger partial charge in [0.25, 0.3) is 0 Å². The van der Waals surface area contributed by atoms with Crippen LogP contribution in [0.25, 0.3) is 11.3 Å². The van der Waals surface area contributed by atoms with Crippen molar-refractivity contribution in [2.24, 2.45) is 5.41 Å². The summed E-state index contributed by atoms with van der Waals surface area (Å²) in [4.78, 5) is 13.3. The van der Waals surface area contributed by atoms with Gasteiger partial charge < -0.3 is 9.52 Å². The Labute approximate surface area is 128 Å².